The summed E-state index contributed by atoms with van der Waals surface area (Å²) in [4.78, 5) is 2.69. The molecular weight excluding hydrogens is 256 g/mol. The Hall–Kier alpha value is -0.860. The Kier molecular flexibility index (Phi) is 6.72. The van der Waals surface area contributed by atoms with E-state index in [0.717, 1.165) is 13.1 Å². The molecule has 0 heterocycles. The van der Waals surface area contributed by atoms with Crippen molar-refractivity contribution in [3.8, 4) is 0 Å². The van der Waals surface area contributed by atoms with Crippen LogP contribution in [0.25, 0.3) is 0 Å². The van der Waals surface area contributed by atoms with Crippen molar-refractivity contribution in [3.63, 3.8) is 0 Å². The summed E-state index contributed by atoms with van der Waals surface area (Å²) < 4.78 is 0. The molecule has 1 aromatic carbocycles. The first kappa shape index (κ1) is 16.5. The number of hydrogen-bond acceptors (Lipinski definition) is 2. The van der Waals surface area contributed by atoms with Gasteiger partial charge in [-0.3, -0.25) is 4.90 Å². The van der Waals surface area contributed by atoms with Crippen molar-refractivity contribution in [1.29, 1.82) is 0 Å². The number of hydrogen-bond donors (Lipinski definition) is 1. The average Bonchev–Trinajstić information content (AvgIpc) is 2.70. The van der Waals surface area contributed by atoms with Crippen LogP contribution in [0.4, 0.5) is 0 Å². The van der Waals surface area contributed by atoms with Crippen LogP contribution in [-0.2, 0) is 6.42 Å². The Morgan fingerprint density at radius 2 is 1.95 bits per heavy atom. The van der Waals surface area contributed by atoms with Crippen molar-refractivity contribution in [1.82, 2.24) is 10.2 Å². The zero-order chi connectivity index (χ0) is 15.1. The summed E-state index contributed by atoms with van der Waals surface area (Å²) in [5.41, 5.74) is 3.10. The van der Waals surface area contributed by atoms with E-state index in [2.05, 4.69) is 55.3 Å². The number of nitrogens with zero attached hydrogens (tertiary/aromatic N) is 1. The maximum atomic E-state index is 3.85. The summed E-state index contributed by atoms with van der Waals surface area (Å²) in [6.07, 6.45) is 6.30. The maximum absolute atomic E-state index is 3.85. The lowest BCUT2D eigenvalue weighted by Gasteiger charge is -2.36. The summed E-state index contributed by atoms with van der Waals surface area (Å²) in [5.74, 6) is 0. The van der Waals surface area contributed by atoms with Gasteiger partial charge < -0.3 is 5.32 Å². The summed E-state index contributed by atoms with van der Waals surface area (Å²) in [6, 6.07) is 10.2. The number of fused-ring (bicyclic) bond motifs is 1. The van der Waals surface area contributed by atoms with Crippen LogP contribution in [0.3, 0.4) is 0 Å². The third kappa shape index (κ3) is 4.08. The number of benzene rings is 1. The second-order valence-electron chi connectivity index (χ2n) is 6.22. The van der Waals surface area contributed by atoms with E-state index in [1.165, 1.54) is 38.6 Å². The lowest BCUT2D eigenvalue weighted by atomic mass is 9.94. The van der Waals surface area contributed by atoms with Crippen LogP contribution >= 0.6 is 0 Å². The Morgan fingerprint density at radius 3 is 2.67 bits per heavy atom. The molecule has 0 radical (unpaired) electrons. The van der Waals surface area contributed by atoms with Gasteiger partial charge in [0.15, 0.2) is 0 Å². The van der Waals surface area contributed by atoms with Gasteiger partial charge in [-0.05, 0) is 62.9 Å². The molecule has 0 saturated carbocycles. The van der Waals surface area contributed by atoms with Gasteiger partial charge in [-0.2, -0.15) is 0 Å². The molecule has 2 rings (SSSR count). The van der Waals surface area contributed by atoms with E-state index in [-0.39, 0.29) is 0 Å². The van der Waals surface area contributed by atoms with Crippen LogP contribution in [0.1, 0.15) is 63.6 Å². The fourth-order valence-corrected chi connectivity index (χ4v) is 3.73. The van der Waals surface area contributed by atoms with Gasteiger partial charge >= 0.3 is 0 Å². The number of aryl methyl sites for hydroxylation is 1. The average molecular weight is 288 g/mol. The van der Waals surface area contributed by atoms with Crippen LogP contribution in [-0.4, -0.2) is 30.6 Å². The maximum Gasteiger partial charge on any atom is 0.0480 e. The van der Waals surface area contributed by atoms with Crippen LogP contribution < -0.4 is 5.32 Å². The SMILES string of the molecule is CCCNC1c2ccccc2CCCC1N(CC)CCC. The molecule has 0 spiro atoms. The van der Waals surface area contributed by atoms with Gasteiger partial charge in [0.2, 0.25) is 0 Å². The highest BCUT2D eigenvalue weighted by molar-refractivity contribution is 5.32. The Morgan fingerprint density at radius 1 is 1.14 bits per heavy atom. The third-order valence-electron chi connectivity index (χ3n) is 4.72. The summed E-state index contributed by atoms with van der Waals surface area (Å²) in [5, 5.41) is 3.85. The second kappa shape index (κ2) is 8.55. The molecule has 21 heavy (non-hydrogen) atoms. The quantitative estimate of drug-likeness (QED) is 0.758. The minimum Gasteiger partial charge on any atom is -0.309 e. The number of nitrogens with one attached hydrogen (secondary N) is 1. The predicted molar refractivity (Wildman–Crippen MR) is 91.7 cm³/mol. The lowest BCUT2D eigenvalue weighted by Crippen LogP contribution is -2.45. The van der Waals surface area contributed by atoms with E-state index in [1.54, 1.807) is 11.1 Å². The van der Waals surface area contributed by atoms with Crippen molar-refractivity contribution in [2.45, 2.75) is 65.0 Å². The molecule has 1 aromatic rings. The van der Waals surface area contributed by atoms with Gasteiger partial charge in [0, 0.05) is 12.1 Å². The van der Waals surface area contributed by atoms with E-state index in [1.807, 2.05) is 0 Å². The molecule has 0 amide bonds. The van der Waals surface area contributed by atoms with E-state index < -0.39 is 0 Å². The molecule has 2 nitrogen and oxygen atoms in total. The Labute approximate surface area is 130 Å². The van der Waals surface area contributed by atoms with Crippen molar-refractivity contribution < 1.29 is 0 Å². The fourth-order valence-electron chi connectivity index (χ4n) is 3.73. The molecule has 1 aliphatic carbocycles. The monoisotopic (exact) mass is 288 g/mol. The van der Waals surface area contributed by atoms with Crippen LogP contribution in [0.5, 0.6) is 0 Å². The highest BCUT2D eigenvalue weighted by atomic mass is 15.2. The summed E-state index contributed by atoms with van der Waals surface area (Å²) in [6.45, 7) is 10.3. The summed E-state index contributed by atoms with van der Waals surface area (Å²) >= 11 is 0. The summed E-state index contributed by atoms with van der Waals surface area (Å²) in [7, 11) is 0. The van der Waals surface area contributed by atoms with Crippen LogP contribution in [0.2, 0.25) is 0 Å². The largest absolute Gasteiger partial charge is 0.309 e. The lowest BCUT2D eigenvalue weighted by molar-refractivity contribution is 0.155. The molecule has 2 unspecified atom stereocenters. The molecule has 0 fully saturated rings. The Balaban J connectivity index is 2.29. The minimum absolute atomic E-state index is 0.496. The molecule has 1 N–H and O–H groups in total. The van der Waals surface area contributed by atoms with Gasteiger partial charge in [0.05, 0.1) is 0 Å². The highest BCUT2D eigenvalue weighted by Gasteiger charge is 2.30. The van der Waals surface area contributed by atoms with Gasteiger partial charge in [-0.15, -0.1) is 0 Å². The van der Waals surface area contributed by atoms with Crippen molar-refractivity contribution in [2.24, 2.45) is 0 Å². The molecule has 2 atom stereocenters. The van der Waals surface area contributed by atoms with Crippen molar-refractivity contribution >= 4 is 0 Å². The smallest absolute Gasteiger partial charge is 0.0480 e. The first-order valence-electron chi connectivity index (χ1n) is 8.87. The molecule has 2 heteroatoms. The molecule has 118 valence electrons. The normalized spacial score (nSPS) is 22.1. The number of rotatable bonds is 7. The van der Waals surface area contributed by atoms with E-state index >= 15 is 0 Å². The zero-order valence-corrected chi connectivity index (χ0v) is 14.1. The highest BCUT2D eigenvalue weighted by Crippen LogP contribution is 2.32. The van der Waals surface area contributed by atoms with Gasteiger partial charge in [0.1, 0.15) is 0 Å². The standard InChI is InChI=1S/C19H32N2/c1-4-14-20-19-17-12-8-7-10-16(17)11-9-13-18(19)21(6-3)15-5-2/h7-8,10,12,18-20H,4-6,9,11,13-15H2,1-3H3. The molecule has 1 aliphatic rings. The van der Waals surface area contributed by atoms with Crippen molar-refractivity contribution in [3.05, 3.63) is 35.4 Å². The zero-order valence-electron chi connectivity index (χ0n) is 14.1. The van der Waals surface area contributed by atoms with E-state index in [4.69, 9.17) is 0 Å². The minimum atomic E-state index is 0.496. The molecule has 0 aromatic heterocycles. The predicted octanol–water partition coefficient (Wildman–Crippen LogP) is 4.16. The molecular formula is C19H32N2. The van der Waals surface area contributed by atoms with E-state index in [9.17, 15) is 0 Å². The van der Waals surface area contributed by atoms with Gasteiger partial charge in [-0.1, -0.05) is 45.0 Å². The third-order valence-corrected chi connectivity index (χ3v) is 4.72. The molecule has 0 aliphatic heterocycles. The van der Waals surface area contributed by atoms with Gasteiger partial charge in [0.25, 0.3) is 0 Å². The Bertz CT molecular complexity index is 416. The van der Waals surface area contributed by atoms with Crippen LogP contribution in [0, 0.1) is 0 Å². The van der Waals surface area contributed by atoms with Crippen LogP contribution in [0.15, 0.2) is 24.3 Å². The first-order chi connectivity index (χ1) is 10.3. The van der Waals surface area contributed by atoms with E-state index in [0.29, 0.717) is 12.1 Å². The van der Waals surface area contributed by atoms with Crippen molar-refractivity contribution in [2.75, 3.05) is 19.6 Å². The molecule has 0 saturated heterocycles. The molecule has 0 bridgehead atoms. The topological polar surface area (TPSA) is 15.3 Å². The second-order valence-corrected chi connectivity index (χ2v) is 6.22. The van der Waals surface area contributed by atoms with Gasteiger partial charge in [-0.25, -0.2) is 0 Å². The first-order valence-corrected chi connectivity index (χ1v) is 8.87. The fraction of sp³-hybridized carbons (Fsp3) is 0.684. The number of likely N-dealkylation sites (N-methyl/N-ethyl adjacent to an activating group) is 1.